The van der Waals surface area contributed by atoms with Crippen molar-refractivity contribution >= 4 is 28.3 Å². The van der Waals surface area contributed by atoms with Crippen molar-refractivity contribution in [3.05, 3.63) is 24.3 Å². The number of hydrogen-bond acceptors (Lipinski definition) is 8. The Morgan fingerprint density at radius 2 is 0.862 bits per heavy atom. The molecule has 2 N–H and O–H groups in total. The highest BCUT2D eigenvalue weighted by Crippen LogP contribution is 2.12. The van der Waals surface area contributed by atoms with Crippen LogP contribution in [-0.2, 0) is 28.4 Å². The summed E-state index contributed by atoms with van der Waals surface area (Å²) in [5.74, 6) is 0.782. The molecule has 29 heavy (non-hydrogen) atoms. The molecule has 0 unspecified atom stereocenters. The van der Waals surface area contributed by atoms with E-state index in [1.807, 2.05) is 12.1 Å². The van der Waals surface area contributed by atoms with E-state index >= 15 is 0 Å². The van der Waals surface area contributed by atoms with Gasteiger partial charge in [0.1, 0.15) is 12.4 Å². The summed E-state index contributed by atoms with van der Waals surface area (Å²) in [7, 11) is 0. The maximum atomic E-state index is 5.62. The zero-order valence-corrected chi connectivity index (χ0v) is 19.2. The first-order chi connectivity index (χ1) is 14.3. The molecule has 0 saturated heterocycles. The van der Waals surface area contributed by atoms with Crippen LogP contribution >= 0.6 is 22.6 Å². The van der Waals surface area contributed by atoms with Crippen molar-refractivity contribution in [3.63, 3.8) is 0 Å². The number of nitrogen functional groups attached to an aromatic ring is 1. The Balaban J connectivity index is 1.69. The third-order valence-corrected chi connectivity index (χ3v) is 3.90. The number of rotatable bonds is 21. The van der Waals surface area contributed by atoms with Crippen LogP contribution in [0.2, 0.25) is 0 Å². The van der Waals surface area contributed by atoms with Gasteiger partial charge in [0.15, 0.2) is 0 Å². The molecule has 0 heterocycles. The average molecular weight is 527 g/mol. The molecule has 1 aromatic carbocycles. The van der Waals surface area contributed by atoms with E-state index in [-0.39, 0.29) is 0 Å². The molecular weight excluding hydrogens is 493 g/mol. The molecular formula is C20H34INO7. The van der Waals surface area contributed by atoms with E-state index in [2.05, 4.69) is 22.6 Å². The molecule has 0 fully saturated rings. The molecule has 0 amide bonds. The molecule has 0 atom stereocenters. The molecule has 8 nitrogen and oxygen atoms in total. The van der Waals surface area contributed by atoms with Gasteiger partial charge in [0, 0.05) is 10.1 Å². The summed E-state index contributed by atoms with van der Waals surface area (Å²) in [5.41, 5.74) is 6.33. The summed E-state index contributed by atoms with van der Waals surface area (Å²) < 4.78 is 38.9. The van der Waals surface area contributed by atoms with Gasteiger partial charge in [-0.25, -0.2) is 0 Å². The van der Waals surface area contributed by atoms with Crippen molar-refractivity contribution in [1.29, 1.82) is 0 Å². The molecule has 0 radical (unpaired) electrons. The maximum absolute atomic E-state index is 5.62. The number of halogens is 1. The van der Waals surface area contributed by atoms with Crippen LogP contribution in [0.25, 0.3) is 0 Å². The van der Waals surface area contributed by atoms with Gasteiger partial charge in [-0.3, -0.25) is 0 Å². The predicted molar refractivity (Wildman–Crippen MR) is 120 cm³/mol. The minimum absolute atomic E-state index is 0.491. The van der Waals surface area contributed by atoms with E-state index in [0.29, 0.717) is 79.3 Å². The van der Waals surface area contributed by atoms with E-state index in [4.69, 9.17) is 38.9 Å². The van der Waals surface area contributed by atoms with Crippen LogP contribution in [-0.4, -0.2) is 90.3 Å². The van der Waals surface area contributed by atoms with E-state index < -0.39 is 0 Å². The first kappa shape index (κ1) is 26.3. The van der Waals surface area contributed by atoms with Gasteiger partial charge < -0.3 is 38.9 Å². The summed E-state index contributed by atoms with van der Waals surface area (Å²) in [6.45, 7) is 7.36. The topological polar surface area (TPSA) is 90.6 Å². The van der Waals surface area contributed by atoms with Gasteiger partial charge in [0.2, 0.25) is 0 Å². The Bertz CT molecular complexity index is 465. The Morgan fingerprint density at radius 3 is 1.24 bits per heavy atom. The molecule has 168 valence electrons. The van der Waals surface area contributed by atoms with Gasteiger partial charge in [-0.2, -0.15) is 0 Å². The van der Waals surface area contributed by atoms with Crippen LogP contribution in [0.3, 0.4) is 0 Å². The highest BCUT2D eigenvalue weighted by atomic mass is 127. The lowest BCUT2D eigenvalue weighted by Gasteiger charge is -2.09. The number of alkyl halides is 1. The van der Waals surface area contributed by atoms with Crippen LogP contribution in [0, 0.1) is 0 Å². The van der Waals surface area contributed by atoms with Crippen LogP contribution in [0.4, 0.5) is 5.69 Å². The summed E-state index contributed by atoms with van der Waals surface area (Å²) in [6.07, 6.45) is 0. The Kier molecular flexibility index (Phi) is 18.7. The maximum Gasteiger partial charge on any atom is 0.119 e. The molecule has 0 aliphatic carbocycles. The fourth-order valence-corrected chi connectivity index (χ4v) is 2.35. The number of nitrogens with two attached hydrogens (primary N) is 1. The molecule has 0 bridgehead atoms. The molecule has 9 heteroatoms. The van der Waals surface area contributed by atoms with Crippen LogP contribution in [0.1, 0.15) is 0 Å². The van der Waals surface area contributed by atoms with Crippen molar-refractivity contribution < 1.29 is 33.2 Å². The van der Waals surface area contributed by atoms with Crippen LogP contribution in [0.15, 0.2) is 24.3 Å². The largest absolute Gasteiger partial charge is 0.491 e. The molecule has 0 saturated carbocycles. The van der Waals surface area contributed by atoms with Gasteiger partial charge >= 0.3 is 0 Å². The number of anilines is 1. The second-order valence-corrected chi connectivity index (χ2v) is 6.86. The van der Waals surface area contributed by atoms with Crippen molar-refractivity contribution in [3.8, 4) is 5.75 Å². The lowest BCUT2D eigenvalue weighted by Crippen LogP contribution is -2.14. The summed E-state index contributed by atoms with van der Waals surface area (Å²) in [6, 6.07) is 7.28. The fourth-order valence-electron chi connectivity index (χ4n) is 2.04. The Hall–Kier alpha value is -0.690. The zero-order chi connectivity index (χ0) is 20.8. The monoisotopic (exact) mass is 527 g/mol. The summed E-state index contributed by atoms with van der Waals surface area (Å²) in [5, 5.41) is 0. The second-order valence-electron chi connectivity index (χ2n) is 5.78. The first-order valence-electron chi connectivity index (χ1n) is 9.83. The van der Waals surface area contributed by atoms with Gasteiger partial charge in [-0.1, -0.05) is 22.6 Å². The third kappa shape index (κ3) is 17.8. The lowest BCUT2D eigenvalue weighted by molar-refractivity contribution is -0.0171. The van der Waals surface area contributed by atoms with Gasteiger partial charge in [0.25, 0.3) is 0 Å². The Labute approximate surface area is 187 Å². The van der Waals surface area contributed by atoms with Crippen LogP contribution < -0.4 is 10.5 Å². The minimum Gasteiger partial charge on any atom is -0.491 e. The lowest BCUT2D eigenvalue weighted by atomic mass is 10.3. The smallest absolute Gasteiger partial charge is 0.119 e. The molecule has 0 aliphatic rings. The van der Waals surface area contributed by atoms with E-state index in [1.165, 1.54) is 0 Å². The SMILES string of the molecule is Nc1ccc(OCCOCCOCCOCCOCCOCCOCCI)cc1. The van der Waals surface area contributed by atoms with Crippen molar-refractivity contribution in [2.45, 2.75) is 0 Å². The van der Waals surface area contributed by atoms with Gasteiger partial charge in [0.05, 0.1) is 79.3 Å². The number of benzene rings is 1. The molecule has 0 spiro atoms. The minimum atomic E-state index is 0.491. The molecule has 0 aliphatic heterocycles. The van der Waals surface area contributed by atoms with Crippen molar-refractivity contribution in [2.75, 3.05) is 96.1 Å². The van der Waals surface area contributed by atoms with E-state index in [1.54, 1.807) is 12.1 Å². The summed E-state index contributed by atoms with van der Waals surface area (Å²) in [4.78, 5) is 0. The number of hydrogen-bond donors (Lipinski definition) is 1. The Morgan fingerprint density at radius 1 is 0.517 bits per heavy atom. The highest BCUT2D eigenvalue weighted by Gasteiger charge is 1.96. The van der Waals surface area contributed by atoms with Gasteiger partial charge in [-0.15, -0.1) is 0 Å². The number of ether oxygens (including phenoxy) is 7. The van der Waals surface area contributed by atoms with E-state index in [0.717, 1.165) is 22.5 Å². The normalized spacial score (nSPS) is 11.1. The molecule has 1 aromatic rings. The average Bonchev–Trinajstić information content (AvgIpc) is 2.73. The highest BCUT2D eigenvalue weighted by molar-refractivity contribution is 14.1. The second kappa shape index (κ2) is 20.6. The quantitative estimate of drug-likeness (QED) is 0.113. The third-order valence-electron chi connectivity index (χ3n) is 3.46. The van der Waals surface area contributed by atoms with E-state index in [9.17, 15) is 0 Å². The van der Waals surface area contributed by atoms with Gasteiger partial charge in [-0.05, 0) is 24.3 Å². The molecule has 1 rings (SSSR count). The predicted octanol–water partition coefficient (Wildman–Crippen LogP) is 2.18. The fraction of sp³-hybridized carbons (Fsp3) is 0.700. The van der Waals surface area contributed by atoms with Crippen molar-refractivity contribution in [1.82, 2.24) is 0 Å². The summed E-state index contributed by atoms with van der Waals surface area (Å²) >= 11 is 2.28. The molecule has 0 aromatic heterocycles. The zero-order valence-electron chi connectivity index (χ0n) is 17.0. The van der Waals surface area contributed by atoms with Crippen LogP contribution in [0.5, 0.6) is 5.75 Å². The first-order valence-corrected chi connectivity index (χ1v) is 11.4. The standard InChI is InChI=1S/C20H34INO7/c21-5-6-23-7-8-24-9-10-25-11-12-26-13-14-27-15-16-28-17-18-29-20-3-1-19(22)2-4-20/h1-4H,5-18,22H2. The van der Waals surface area contributed by atoms with Crippen molar-refractivity contribution in [2.24, 2.45) is 0 Å².